The number of amides is 1. The van der Waals surface area contributed by atoms with Crippen LogP contribution in [0.5, 0.6) is 0 Å². The van der Waals surface area contributed by atoms with Crippen molar-refractivity contribution in [1.29, 1.82) is 0 Å². The van der Waals surface area contributed by atoms with Crippen molar-refractivity contribution in [1.82, 2.24) is 9.55 Å². The van der Waals surface area contributed by atoms with Gasteiger partial charge >= 0.3 is 0 Å². The van der Waals surface area contributed by atoms with Crippen LogP contribution in [-0.4, -0.2) is 27.0 Å². The summed E-state index contributed by atoms with van der Waals surface area (Å²) in [5.74, 6) is -0.144. The lowest BCUT2D eigenvalue weighted by molar-refractivity contribution is -0.114. The second-order valence-electron chi connectivity index (χ2n) is 7.79. The van der Waals surface area contributed by atoms with E-state index in [9.17, 15) is 14.4 Å². The minimum Gasteiger partial charge on any atom is -0.326 e. The van der Waals surface area contributed by atoms with E-state index in [1.54, 1.807) is 41.0 Å². The minimum absolute atomic E-state index is 0.0941. The van der Waals surface area contributed by atoms with Gasteiger partial charge in [-0.1, -0.05) is 30.0 Å². The molecule has 6 nitrogen and oxygen atoms in total. The fourth-order valence-electron chi connectivity index (χ4n) is 3.46. The molecule has 0 aliphatic heterocycles. The number of hydrogen-bond acceptors (Lipinski definition) is 5. The summed E-state index contributed by atoms with van der Waals surface area (Å²) < 4.78 is 1.58. The first-order valence-electron chi connectivity index (χ1n) is 10.5. The molecule has 33 heavy (non-hydrogen) atoms. The quantitative estimate of drug-likeness (QED) is 0.252. The highest BCUT2D eigenvalue weighted by molar-refractivity contribution is 7.99. The topological polar surface area (TPSA) is 81.1 Å². The van der Waals surface area contributed by atoms with Gasteiger partial charge in [-0.05, 0) is 73.5 Å². The maximum Gasteiger partial charge on any atom is 0.266 e. The Labute approximate surface area is 195 Å². The lowest BCUT2D eigenvalue weighted by Gasteiger charge is -2.14. The second kappa shape index (κ2) is 9.42. The first kappa shape index (κ1) is 22.5. The molecule has 4 aromatic rings. The number of thioether (sulfide) groups is 1. The molecule has 0 saturated heterocycles. The summed E-state index contributed by atoms with van der Waals surface area (Å²) in [6.07, 6.45) is 0. The number of benzene rings is 3. The summed E-state index contributed by atoms with van der Waals surface area (Å²) in [5, 5.41) is 3.67. The third-order valence-corrected chi connectivity index (χ3v) is 6.29. The molecule has 7 heteroatoms. The number of carbonyl (C=O) groups excluding carboxylic acids is 2. The summed E-state index contributed by atoms with van der Waals surface area (Å²) >= 11 is 1.23. The van der Waals surface area contributed by atoms with Crippen LogP contribution in [-0.2, 0) is 4.79 Å². The van der Waals surface area contributed by atoms with Crippen molar-refractivity contribution in [2.24, 2.45) is 0 Å². The number of para-hydroxylation sites is 1. The molecule has 3 aromatic carbocycles. The van der Waals surface area contributed by atoms with Gasteiger partial charge in [0.2, 0.25) is 5.91 Å². The van der Waals surface area contributed by atoms with Gasteiger partial charge in [0.05, 0.1) is 22.3 Å². The zero-order valence-electron chi connectivity index (χ0n) is 18.6. The predicted octanol–water partition coefficient (Wildman–Crippen LogP) is 4.94. The minimum atomic E-state index is -0.170. The molecule has 1 amide bonds. The Kier molecular flexibility index (Phi) is 6.42. The van der Waals surface area contributed by atoms with E-state index >= 15 is 0 Å². The van der Waals surface area contributed by atoms with Crippen LogP contribution in [0.4, 0.5) is 5.69 Å². The summed E-state index contributed by atoms with van der Waals surface area (Å²) in [4.78, 5) is 42.1. The van der Waals surface area contributed by atoms with Gasteiger partial charge in [0.1, 0.15) is 0 Å². The molecule has 166 valence electrons. The van der Waals surface area contributed by atoms with Crippen molar-refractivity contribution in [2.75, 3.05) is 11.1 Å². The highest BCUT2D eigenvalue weighted by atomic mass is 32.2. The van der Waals surface area contributed by atoms with Gasteiger partial charge in [0.25, 0.3) is 5.56 Å². The van der Waals surface area contributed by atoms with E-state index in [-0.39, 0.29) is 23.0 Å². The summed E-state index contributed by atoms with van der Waals surface area (Å²) in [7, 11) is 0. The Morgan fingerprint density at radius 3 is 2.39 bits per heavy atom. The zero-order chi connectivity index (χ0) is 23.5. The Morgan fingerprint density at radius 1 is 0.970 bits per heavy atom. The van der Waals surface area contributed by atoms with Gasteiger partial charge < -0.3 is 5.32 Å². The molecule has 1 heterocycles. The Hall–Kier alpha value is -3.71. The average molecular weight is 458 g/mol. The number of ketones is 1. The van der Waals surface area contributed by atoms with Gasteiger partial charge in [0.15, 0.2) is 10.9 Å². The lowest BCUT2D eigenvalue weighted by atomic mass is 10.1. The average Bonchev–Trinajstić information content (AvgIpc) is 2.80. The highest BCUT2D eigenvalue weighted by Gasteiger charge is 2.16. The van der Waals surface area contributed by atoms with Crippen molar-refractivity contribution in [3.63, 3.8) is 0 Å². The first-order chi connectivity index (χ1) is 15.8. The van der Waals surface area contributed by atoms with Gasteiger partial charge in [-0.3, -0.25) is 19.0 Å². The zero-order valence-corrected chi connectivity index (χ0v) is 19.4. The SMILES string of the molecule is CC(=O)Nc1ccc(C(=O)CSc2nc3ccccc3c(=O)n2-c2ccc(C)c(C)c2)cc1. The molecule has 1 N–H and O–H groups in total. The molecule has 4 rings (SSSR count). The van der Waals surface area contributed by atoms with Crippen molar-refractivity contribution >= 4 is 40.0 Å². The van der Waals surface area contributed by atoms with Gasteiger partial charge in [-0.2, -0.15) is 0 Å². The van der Waals surface area contributed by atoms with Crippen LogP contribution in [0, 0.1) is 13.8 Å². The molecule has 0 bridgehead atoms. The van der Waals surface area contributed by atoms with E-state index in [4.69, 9.17) is 4.98 Å². The van der Waals surface area contributed by atoms with Crippen LogP contribution < -0.4 is 10.9 Å². The van der Waals surface area contributed by atoms with Gasteiger partial charge in [-0.15, -0.1) is 0 Å². The van der Waals surface area contributed by atoms with Crippen LogP contribution >= 0.6 is 11.8 Å². The number of aromatic nitrogens is 2. The number of Topliss-reactive ketones (excluding diaryl/α,β-unsaturated/α-hetero) is 1. The third kappa shape index (κ3) is 4.88. The van der Waals surface area contributed by atoms with Crippen molar-refractivity contribution in [2.45, 2.75) is 25.9 Å². The standard InChI is InChI=1S/C26H23N3O3S/c1-16-8-13-21(14-17(16)2)29-25(32)22-6-4-5-7-23(22)28-26(29)33-15-24(31)19-9-11-20(12-10-19)27-18(3)30/h4-14H,15H2,1-3H3,(H,27,30). The molecule has 0 aliphatic carbocycles. The number of nitrogens with zero attached hydrogens (tertiary/aromatic N) is 2. The molecule has 0 fully saturated rings. The number of fused-ring (bicyclic) bond motifs is 1. The third-order valence-electron chi connectivity index (χ3n) is 5.35. The molecule has 0 atom stereocenters. The Balaban J connectivity index is 1.68. The first-order valence-corrected chi connectivity index (χ1v) is 11.4. The van der Waals surface area contributed by atoms with Crippen LogP contribution in [0.1, 0.15) is 28.4 Å². The summed E-state index contributed by atoms with van der Waals surface area (Å²) in [6.45, 7) is 5.45. The van der Waals surface area contributed by atoms with Gasteiger partial charge in [0, 0.05) is 18.2 Å². The molecule has 0 spiro atoms. The van der Waals surface area contributed by atoms with Crippen molar-refractivity contribution < 1.29 is 9.59 Å². The molecule has 1 aromatic heterocycles. The van der Waals surface area contributed by atoms with Crippen LogP contribution in [0.25, 0.3) is 16.6 Å². The number of carbonyl (C=O) groups is 2. The summed E-state index contributed by atoms with van der Waals surface area (Å²) in [6, 6.07) is 19.8. The highest BCUT2D eigenvalue weighted by Crippen LogP contribution is 2.24. The normalized spacial score (nSPS) is 10.9. The van der Waals surface area contributed by atoms with Crippen molar-refractivity contribution in [3.05, 3.63) is 93.8 Å². The number of aryl methyl sites for hydroxylation is 2. The lowest BCUT2D eigenvalue weighted by Crippen LogP contribution is -2.22. The van der Waals surface area contributed by atoms with Crippen molar-refractivity contribution in [3.8, 4) is 5.69 Å². The number of hydrogen-bond donors (Lipinski definition) is 1. The largest absolute Gasteiger partial charge is 0.326 e. The van der Waals surface area contributed by atoms with Crippen LogP contribution in [0.15, 0.2) is 76.7 Å². The predicted molar refractivity (Wildman–Crippen MR) is 133 cm³/mol. The number of anilines is 1. The molecule has 0 radical (unpaired) electrons. The monoisotopic (exact) mass is 457 g/mol. The fraction of sp³-hybridized carbons (Fsp3) is 0.154. The number of nitrogens with one attached hydrogen (secondary N) is 1. The van der Waals surface area contributed by atoms with Gasteiger partial charge in [-0.25, -0.2) is 4.98 Å². The van der Waals surface area contributed by atoms with E-state index in [0.717, 1.165) is 16.8 Å². The Bertz CT molecular complexity index is 1430. The molecule has 0 saturated carbocycles. The number of rotatable bonds is 6. The van der Waals surface area contributed by atoms with E-state index < -0.39 is 0 Å². The van der Waals surface area contributed by atoms with Crippen LogP contribution in [0.2, 0.25) is 0 Å². The summed E-state index contributed by atoms with van der Waals surface area (Å²) in [5.41, 5.74) is 4.50. The second-order valence-corrected chi connectivity index (χ2v) is 8.73. The fourth-order valence-corrected chi connectivity index (χ4v) is 4.36. The molecular formula is C26H23N3O3S. The maximum atomic E-state index is 13.4. The smallest absolute Gasteiger partial charge is 0.266 e. The Morgan fingerprint density at radius 2 is 1.70 bits per heavy atom. The maximum absolute atomic E-state index is 13.4. The molecule has 0 unspecified atom stereocenters. The van der Waals surface area contributed by atoms with Crippen LogP contribution in [0.3, 0.4) is 0 Å². The van der Waals surface area contributed by atoms with E-state index in [2.05, 4.69) is 5.32 Å². The van der Waals surface area contributed by atoms with E-state index in [0.29, 0.717) is 27.3 Å². The van der Waals surface area contributed by atoms with E-state index in [1.807, 2.05) is 44.2 Å². The van der Waals surface area contributed by atoms with E-state index in [1.165, 1.54) is 18.7 Å². The molecular weight excluding hydrogens is 434 g/mol. The molecule has 0 aliphatic rings.